The number of aromatic amines is 1. The van der Waals surface area contributed by atoms with Crippen molar-refractivity contribution in [3.05, 3.63) is 66.4 Å². The first-order valence-electron chi connectivity index (χ1n) is 9.13. The maximum atomic E-state index is 12.4. The topological polar surface area (TPSA) is 62.4 Å². The van der Waals surface area contributed by atoms with E-state index in [0.717, 1.165) is 17.6 Å². The summed E-state index contributed by atoms with van der Waals surface area (Å²) in [5.74, 6) is -0.594. The first-order valence-corrected chi connectivity index (χ1v) is 9.13. The Kier molecular flexibility index (Phi) is 5.91. The van der Waals surface area contributed by atoms with Gasteiger partial charge in [-0.25, -0.2) is 0 Å². The second-order valence-electron chi connectivity index (χ2n) is 6.58. The largest absolute Gasteiger partial charge is 0.453 e. The van der Waals surface area contributed by atoms with Gasteiger partial charge in [0, 0.05) is 36.3 Å². The Morgan fingerprint density at radius 1 is 1.07 bits per heavy atom. The number of anilines is 1. The molecule has 1 unspecified atom stereocenters. The number of nitrogens with zero attached hydrogens (tertiary/aromatic N) is 1. The van der Waals surface area contributed by atoms with Crippen molar-refractivity contribution >= 4 is 28.5 Å². The molecule has 27 heavy (non-hydrogen) atoms. The van der Waals surface area contributed by atoms with Crippen LogP contribution in [0.2, 0.25) is 0 Å². The van der Waals surface area contributed by atoms with Gasteiger partial charge in [-0.2, -0.15) is 0 Å². The molecule has 5 heteroatoms. The van der Waals surface area contributed by atoms with E-state index in [1.54, 1.807) is 14.0 Å². The zero-order valence-electron chi connectivity index (χ0n) is 15.6. The van der Waals surface area contributed by atoms with Gasteiger partial charge in [0.25, 0.3) is 5.91 Å². The van der Waals surface area contributed by atoms with E-state index in [-0.39, 0.29) is 18.3 Å². The Labute approximate surface area is 158 Å². The molecule has 0 aliphatic heterocycles. The number of amides is 1. The van der Waals surface area contributed by atoms with Crippen LogP contribution in [0, 0.1) is 0 Å². The van der Waals surface area contributed by atoms with Gasteiger partial charge < -0.3 is 14.6 Å². The van der Waals surface area contributed by atoms with Crippen molar-refractivity contribution in [3.8, 4) is 0 Å². The van der Waals surface area contributed by atoms with Crippen LogP contribution < -0.4 is 4.90 Å². The molecule has 0 spiro atoms. The SMILES string of the molecule is CC(OC(=O)CCCc1c[nH]c2ccccc12)C(=O)N(C)c1ccccc1. The number of aryl methyl sites for hydroxylation is 1. The molecular formula is C22H24N2O3. The van der Waals surface area contributed by atoms with E-state index in [1.165, 1.54) is 15.8 Å². The molecule has 1 atom stereocenters. The van der Waals surface area contributed by atoms with Crippen LogP contribution in [-0.4, -0.2) is 30.0 Å². The number of aromatic nitrogens is 1. The Morgan fingerprint density at radius 3 is 2.56 bits per heavy atom. The third-order valence-corrected chi connectivity index (χ3v) is 4.63. The number of hydrogen-bond acceptors (Lipinski definition) is 3. The summed E-state index contributed by atoms with van der Waals surface area (Å²) < 4.78 is 5.32. The lowest BCUT2D eigenvalue weighted by atomic mass is 10.1. The standard InChI is InChI=1S/C22H24N2O3/c1-16(22(26)24(2)18-10-4-3-5-11-18)27-21(25)14-8-9-17-15-23-20-13-7-6-12-19(17)20/h3-7,10-13,15-16,23H,8-9,14H2,1-2H3. The number of rotatable bonds is 7. The summed E-state index contributed by atoms with van der Waals surface area (Å²) in [6.45, 7) is 1.61. The van der Waals surface area contributed by atoms with E-state index in [9.17, 15) is 9.59 Å². The molecule has 3 aromatic rings. The monoisotopic (exact) mass is 364 g/mol. The highest BCUT2D eigenvalue weighted by atomic mass is 16.5. The normalized spacial score (nSPS) is 11.9. The number of para-hydroxylation sites is 2. The smallest absolute Gasteiger partial charge is 0.306 e. The summed E-state index contributed by atoms with van der Waals surface area (Å²) in [4.78, 5) is 29.3. The minimum atomic E-state index is -0.809. The van der Waals surface area contributed by atoms with Crippen LogP contribution in [-0.2, 0) is 20.7 Å². The molecule has 0 fully saturated rings. The third kappa shape index (κ3) is 4.56. The number of fused-ring (bicyclic) bond motifs is 1. The fourth-order valence-electron chi connectivity index (χ4n) is 3.12. The Bertz CT molecular complexity index is 917. The van der Waals surface area contributed by atoms with E-state index in [4.69, 9.17) is 4.74 Å². The summed E-state index contributed by atoms with van der Waals surface area (Å²) in [6, 6.07) is 17.4. The van der Waals surface area contributed by atoms with Crippen LogP contribution in [0.25, 0.3) is 10.9 Å². The average molecular weight is 364 g/mol. The van der Waals surface area contributed by atoms with Gasteiger partial charge >= 0.3 is 5.97 Å². The van der Waals surface area contributed by atoms with Crippen LogP contribution in [0.5, 0.6) is 0 Å². The second kappa shape index (κ2) is 8.54. The first-order chi connectivity index (χ1) is 13.1. The lowest BCUT2D eigenvalue weighted by molar-refractivity contribution is -0.153. The molecule has 1 aromatic heterocycles. The quantitative estimate of drug-likeness (QED) is 0.643. The molecule has 0 aliphatic rings. The molecule has 1 N–H and O–H groups in total. The number of H-pyrrole nitrogens is 1. The zero-order chi connectivity index (χ0) is 19.2. The van der Waals surface area contributed by atoms with Crippen LogP contribution in [0.3, 0.4) is 0 Å². The number of ether oxygens (including phenoxy) is 1. The molecule has 2 aromatic carbocycles. The molecule has 140 valence electrons. The van der Waals surface area contributed by atoms with Crippen molar-refractivity contribution in [1.82, 2.24) is 4.98 Å². The van der Waals surface area contributed by atoms with E-state index in [0.29, 0.717) is 6.42 Å². The molecule has 1 amide bonds. The number of benzene rings is 2. The van der Waals surface area contributed by atoms with E-state index in [1.807, 2.05) is 54.7 Å². The van der Waals surface area contributed by atoms with Gasteiger partial charge in [-0.05, 0) is 43.5 Å². The van der Waals surface area contributed by atoms with Gasteiger partial charge in [-0.1, -0.05) is 36.4 Å². The number of carbonyl (C=O) groups excluding carboxylic acids is 2. The van der Waals surface area contributed by atoms with E-state index < -0.39 is 6.10 Å². The molecule has 3 rings (SSSR count). The maximum Gasteiger partial charge on any atom is 0.306 e. The van der Waals surface area contributed by atoms with Gasteiger partial charge in [-0.15, -0.1) is 0 Å². The zero-order valence-corrected chi connectivity index (χ0v) is 15.6. The van der Waals surface area contributed by atoms with Crippen molar-refractivity contribution in [2.45, 2.75) is 32.3 Å². The summed E-state index contributed by atoms with van der Waals surface area (Å²) in [5.41, 5.74) is 3.05. The highest BCUT2D eigenvalue weighted by Crippen LogP contribution is 2.20. The predicted octanol–water partition coefficient (Wildman–Crippen LogP) is 4.09. The van der Waals surface area contributed by atoms with Crippen molar-refractivity contribution in [2.24, 2.45) is 0 Å². The number of carbonyl (C=O) groups is 2. The van der Waals surface area contributed by atoms with Crippen molar-refractivity contribution in [3.63, 3.8) is 0 Å². The molecule has 5 nitrogen and oxygen atoms in total. The number of likely N-dealkylation sites (N-methyl/N-ethyl adjacent to an activating group) is 1. The van der Waals surface area contributed by atoms with E-state index >= 15 is 0 Å². The number of nitrogens with one attached hydrogen (secondary N) is 1. The minimum absolute atomic E-state index is 0.244. The fraction of sp³-hybridized carbons (Fsp3) is 0.273. The number of esters is 1. The van der Waals surface area contributed by atoms with Crippen LogP contribution in [0.4, 0.5) is 5.69 Å². The Hall–Kier alpha value is -3.08. The second-order valence-corrected chi connectivity index (χ2v) is 6.58. The molecule has 0 aliphatic carbocycles. The molecular weight excluding hydrogens is 340 g/mol. The molecule has 0 saturated carbocycles. The van der Waals surface area contributed by atoms with Crippen molar-refractivity contribution in [1.29, 1.82) is 0 Å². The summed E-state index contributed by atoms with van der Waals surface area (Å²) >= 11 is 0. The molecule has 1 heterocycles. The highest BCUT2D eigenvalue weighted by Gasteiger charge is 2.22. The lowest BCUT2D eigenvalue weighted by Crippen LogP contribution is -2.37. The van der Waals surface area contributed by atoms with Gasteiger partial charge in [0.05, 0.1) is 0 Å². The van der Waals surface area contributed by atoms with Crippen LogP contribution in [0.15, 0.2) is 60.8 Å². The minimum Gasteiger partial charge on any atom is -0.453 e. The molecule has 0 radical (unpaired) electrons. The first kappa shape index (κ1) is 18.7. The van der Waals surface area contributed by atoms with Gasteiger partial charge in [0.2, 0.25) is 0 Å². The Balaban J connectivity index is 1.48. The summed E-state index contributed by atoms with van der Waals surface area (Å²) in [7, 11) is 1.68. The van der Waals surface area contributed by atoms with Crippen molar-refractivity contribution in [2.75, 3.05) is 11.9 Å². The van der Waals surface area contributed by atoms with Gasteiger partial charge in [-0.3, -0.25) is 9.59 Å². The summed E-state index contributed by atoms with van der Waals surface area (Å²) in [5, 5.41) is 1.18. The highest BCUT2D eigenvalue weighted by molar-refractivity contribution is 5.96. The van der Waals surface area contributed by atoms with E-state index in [2.05, 4.69) is 11.1 Å². The van der Waals surface area contributed by atoms with Crippen molar-refractivity contribution < 1.29 is 14.3 Å². The molecule has 0 bridgehead atoms. The van der Waals surface area contributed by atoms with Crippen LogP contribution >= 0.6 is 0 Å². The average Bonchev–Trinajstić information content (AvgIpc) is 3.10. The maximum absolute atomic E-state index is 12.4. The van der Waals surface area contributed by atoms with Gasteiger partial charge in [0.15, 0.2) is 6.10 Å². The Morgan fingerprint density at radius 2 is 1.78 bits per heavy atom. The number of hydrogen-bond donors (Lipinski definition) is 1. The van der Waals surface area contributed by atoms with Gasteiger partial charge in [0.1, 0.15) is 0 Å². The predicted molar refractivity (Wildman–Crippen MR) is 107 cm³/mol. The fourth-order valence-corrected chi connectivity index (χ4v) is 3.12. The van der Waals surface area contributed by atoms with Crippen LogP contribution in [0.1, 0.15) is 25.3 Å². The third-order valence-electron chi connectivity index (χ3n) is 4.63. The molecule has 0 saturated heterocycles. The lowest BCUT2D eigenvalue weighted by Gasteiger charge is -2.21. The summed E-state index contributed by atoms with van der Waals surface area (Å²) in [6.07, 6.45) is 2.92.